The van der Waals surface area contributed by atoms with Crippen molar-refractivity contribution in [3.63, 3.8) is 0 Å². The van der Waals surface area contributed by atoms with Gasteiger partial charge in [0.1, 0.15) is 5.82 Å². The van der Waals surface area contributed by atoms with Crippen molar-refractivity contribution in [2.45, 2.75) is 51.6 Å². The molecule has 1 aliphatic heterocycles. The highest BCUT2D eigenvalue weighted by Gasteiger charge is 2.20. The highest BCUT2D eigenvalue weighted by molar-refractivity contribution is 5.76. The quantitative estimate of drug-likeness (QED) is 0.779. The number of hydrogen-bond acceptors (Lipinski definition) is 5. The summed E-state index contributed by atoms with van der Waals surface area (Å²) in [5.74, 6) is 1.84. The van der Waals surface area contributed by atoms with Crippen LogP contribution in [0.3, 0.4) is 0 Å². The summed E-state index contributed by atoms with van der Waals surface area (Å²) < 4.78 is 7.05. The van der Waals surface area contributed by atoms with Crippen LogP contribution >= 0.6 is 0 Å². The fourth-order valence-corrected chi connectivity index (χ4v) is 3.05. The molecule has 1 N–H and O–H groups in total. The molecule has 1 aliphatic rings. The zero-order valence-corrected chi connectivity index (χ0v) is 14.8. The Morgan fingerprint density at radius 1 is 1.28 bits per heavy atom. The van der Waals surface area contributed by atoms with E-state index in [9.17, 15) is 4.79 Å². The van der Waals surface area contributed by atoms with Crippen LogP contribution in [-0.2, 0) is 35.5 Å². The molecule has 0 aromatic carbocycles. The Kier molecular flexibility index (Phi) is 6.16. The van der Waals surface area contributed by atoms with E-state index in [2.05, 4.69) is 20.1 Å². The molecule has 0 bridgehead atoms. The molecule has 2 aromatic rings. The van der Waals surface area contributed by atoms with Crippen LogP contribution in [-0.4, -0.2) is 55.8 Å². The zero-order chi connectivity index (χ0) is 17.5. The van der Waals surface area contributed by atoms with Crippen molar-refractivity contribution in [2.24, 2.45) is 0 Å². The van der Waals surface area contributed by atoms with Gasteiger partial charge >= 0.3 is 0 Å². The molecule has 136 valence electrons. The van der Waals surface area contributed by atoms with E-state index < -0.39 is 0 Å². The average molecular weight is 346 g/mol. The van der Waals surface area contributed by atoms with Crippen LogP contribution in [0.2, 0.25) is 0 Å². The summed E-state index contributed by atoms with van der Waals surface area (Å²) in [7, 11) is 1.67. The second kappa shape index (κ2) is 8.75. The molecule has 0 spiro atoms. The number of carbonyl (C=O) groups excluding carboxylic acids is 1. The topological polar surface area (TPSA) is 88.9 Å². The molecule has 2 aromatic heterocycles. The van der Waals surface area contributed by atoms with Gasteiger partial charge in [0.25, 0.3) is 0 Å². The van der Waals surface area contributed by atoms with Crippen LogP contribution in [0.15, 0.2) is 12.5 Å². The standard InChI is InChI=1S/C17H26N6O2/c1-25-10-7-15-20-16(12-22-8-4-2-3-5-17(22)24)23(21-15)9-6-14-11-18-13-19-14/h11,13H,2-10,12H2,1H3,(H,18,19). The normalized spacial score (nSPS) is 15.6. The van der Waals surface area contributed by atoms with E-state index in [-0.39, 0.29) is 5.91 Å². The van der Waals surface area contributed by atoms with E-state index >= 15 is 0 Å². The molecule has 0 unspecified atom stereocenters. The molecular formula is C17H26N6O2. The number of carbonyl (C=O) groups is 1. The van der Waals surface area contributed by atoms with E-state index in [0.29, 0.717) is 32.5 Å². The summed E-state index contributed by atoms with van der Waals surface area (Å²) in [6.45, 7) is 2.63. The maximum Gasteiger partial charge on any atom is 0.222 e. The van der Waals surface area contributed by atoms with E-state index in [4.69, 9.17) is 4.74 Å². The van der Waals surface area contributed by atoms with Gasteiger partial charge < -0.3 is 14.6 Å². The SMILES string of the molecule is COCCc1nc(CN2CCCCCC2=O)n(CCc2cnc[nH]2)n1. The van der Waals surface area contributed by atoms with Gasteiger partial charge in [-0.25, -0.2) is 14.6 Å². The number of aromatic nitrogens is 5. The molecule has 0 radical (unpaired) electrons. The number of rotatable bonds is 8. The lowest BCUT2D eigenvalue weighted by Gasteiger charge is -2.20. The Balaban J connectivity index is 1.72. The monoisotopic (exact) mass is 346 g/mol. The molecule has 1 amide bonds. The minimum absolute atomic E-state index is 0.221. The van der Waals surface area contributed by atoms with E-state index in [1.807, 2.05) is 15.8 Å². The summed E-state index contributed by atoms with van der Waals surface area (Å²) in [6, 6.07) is 0. The van der Waals surface area contributed by atoms with Crippen LogP contribution in [0.1, 0.15) is 43.0 Å². The third kappa shape index (κ3) is 4.88. The number of nitrogens with one attached hydrogen (secondary N) is 1. The molecule has 0 atom stereocenters. The predicted octanol–water partition coefficient (Wildman–Crippen LogP) is 1.34. The number of ether oxygens (including phenoxy) is 1. The molecule has 3 heterocycles. The molecule has 0 aliphatic carbocycles. The van der Waals surface area contributed by atoms with Gasteiger partial charge in [-0.2, -0.15) is 5.10 Å². The van der Waals surface area contributed by atoms with Gasteiger partial charge in [0, 0.05) is 51.4 Å². The lowest BCUT2D eigenvalue weighted by atomic mass is 10.2. The Labute approximate surface area is 147 Å². The molecule has 0 saturated carbocycles. The summed E-state index contributed by atoms with van der Waals surface area (Å²) >= 11 is 0. The van der Waals surface area contributed by atoms with E-state index in [1.54, 1.807) is 13.4 Å². The van der Waals surface area contributed by atoms with Crippen LogP contribution in [0.5, 0.6) is 0 Å². The molecule has 1 saturated heterocycles. The minimum atomic E-state index is 0.221. The predicted molar refractivity (Wildman–Crippen MR) is 91.8 cm³/mol. The number of H-pyrrole nitrogens is 1. The van der Waals surface area contributed by atoms with Crippen molar-refractivity contribution < 1.29 is 9.53 Å². The number of aryl methyl sites for hydroxylation is 2. The molecular weight excluding hydrogens is 320 g/mol. The number of aromatic amines is 1. The van der Waals surface area contributed by atoms with Crippen LogP contribution < -0.4 is 0 Å². The summed E-state index contributed by atoms with van der Waals surface area (Å²) in [5, 5.41) is 4.61. The third-order valence-corrected chi connectivity index (χ3v) is 4.47. The number of nitrogens with zero attached hydrogens (tertiary/aromatic N) is 5. The number of methoxy groups -OCH3 is 1. The van der Waals surface area contributed by atoms with Crippen molar-refractivity contribution in [2.75, 3.05) is 20.3 Å². The van der Waals surface area contributed by atoms with Gasteiger partial charge in [-0.1, -0.05) is 6.42 Å². The first kappa shape index (κ1) is 17.6. The number of amides is 1. The maximum atomic E-state index is 12.3. The summed E-state index contributed by atoms with van der Waals surface area (Å²) in [5.41, 5.74) is 1.06. The van der Waals surface area contributed by atoms with Crippen molar-refractivity contribution in [1.29, 1.82) is 0 Å². The third-order valence-electron chi connectivity index (χ3n) is 4.47. The zero-order valence-electron chi connectivity index (χ0n) is 14.8. The lowest BCUT2D eigenvalue weighted by molar-refractivity contribution is -0.131. The van der Waals surface area contributed by atoms with Crippen LogP contribution in [0, 0.1) is 0 Å². The fraction of sp³-hybridized carbons (Fsp3) is 0.647. The Morgan fingerprint density at radius 2 is 2.20 bits per heavy atom. The van der Waals surface area contributed by atoms with E-state index in [0.717, 1.165) is 49.6 Å². The first-order valence-corrected chi connectivity index (χ1v) is 8.93. The molecule has 3 rings (SSSR count). The maximum absolute atomic E-state index is 12.3. The smallest absolute Gasteiger partial charge is 0.222 e. The number of likely N-dealkylation sites (tertiary alicyclic amines) is 1. The fourth-order valence-electron chi connectivity index (χ4n) is 3.05. The Bertz CT molecular complexity index is 667. The number of imidazole rings is 1. The Morgan fingerprint density at radius 3 is 3.00 bits per heavy atom. The van der Waals surface area contributed by atoms with Crippen molar-refractivity contribution >= 4 is 5.91 Å². The van der Waals surface area contributed by atoms with Gasteiger partial charge in [-0.3, -0.25) is 4.79 Å². The van der Waals surface area contributed by atoms with Crippen molar-refractivity contribution in [3.05, 3.63) is 29.9 Å². The first-order chi connectivity index (χ1) is 12.3. The number of hydrogen-bond donors (Lipinski definition) is 1. The van der Waals surface area contributed by atoms with E-state index in [1.165, 1.54) is 0 Å². The largest absolute Gasteiger partial charge is 0.384 e. The van der Waals surface area contributed by atoms with Gasteiger partial charge in [-0.05, 0) is 12.8 Å². The van der Waals surface area contributed by atoms with Gasteiger partial charge in [0.05, 0.1) is 19.5 Å². The van der Waals surface area contributed by atoms with Crippen LogP contribution in [0.25, 0.3) is 0 Å². The van der Waals surface area contributed by atoms with Gasteiger partial charge in [0.2, 0.25) is 5.91 Å². The second-order valence-corrected chi connectivity index (χ2v) is 6.36. The molecule has 1 fully saturated rings. The molecule has 8 heteroatoms. The first-order valence-electron chi connectivity index (χ1n) is 8.93. The van der Waals surface area contributed by atoms with Gasteiger partial charge in [0.15, 0.2) is 5.82 Å². The summed E-state index contributed by atoms with van der Waals surface area (Å²) in [4.78, 5) is 26.0. The highest BCUT2D eigenvalue weighted by Crippen LogP contribution is 2.14. The van der Waals surface area contributed by atoms with Crippen molar-refractivity contribution in [1.82, 2.24) is 29.6 Å². The second-order valence-electron chi connectivity index (χ2n) is 6.36. The lowest BCUT2D eigenvalue weighted by Crippen LogP contribution is -2.31. The molecule has 25 heavy (non-hydrogen) atoms. The highest BCUT2D eigenvalue weighted by atomic mass is 16.5. The van der Waals surface area contributed by atoms with Crippen LogP contribution in [0.4, 0.5) is 0 Å². The van der Waals surface area contributed by atoms with Crippen molar-refractivity contribution in [3.8, 4) is 0 Å². The minimum Gasteiger partial charge on any atom is -0.384 e. The Hall–Kier alpha value is -2.22. The van der Waals surface area contributed by atoms with Gasteiger partial charge in [-0.15, -0.1) is 0 Å². The summed E-state index contributed by atoms with van der Waals surface area (Å²) in [6.07, 6.45) is 8.78. The molecule has 8 nitrogen and oxygen atoms in total. The average Bonchev–Trinajstić information content (AvgIpc) is 3.21.